The molecule has 1 aromatic heterocycles. The summed E-state index contributed by atoms with van der Waals surface area (Å²) in [4.78, 5) is 0. The molecule has 0 amide bonds. The van der Waals surface area contributed by atoms with Crippen LogP contribution in [0.3, 0.4) is 0 Å². The molecule has 0 atom stereocenters. The Labute approximate surface area is 104 Å². The predicted molar refractivity (Wildman–Crippen MR) is 69.3 cm³/mol. The van der Waals surface area contributed by atoms with E-state index in [-0.39, 0.29) is 0 Å². The van der Waals surface area contributed by atoms with E-state index in [9.17, 15) is 0 Å². The number of aromatic nitrogens is 2. The fourth-order valence-electron chi connectivity index (χ4n) is 1.54. The minimum Gasteiger partial charge on any atom is -0.267 e. The molecule has 1 heterocycles. The van der Waals surface area contributed by atoms with Crippen LogP contribution in [0, 0.1) is 18.5 Å². The van der Waals surface area contributed by atoms with Gasteiger partial charge in [-0.2, -0.15) is 5.10 Å². The normalized spacial score (nSPS) is 10.4. The summed E-state index contributed by atoms with van der Waals surface area (Å²) in [5.74, 6) is 0. The lowest BCUT2D eigenvalue weighted by Crippen LogP contribution is -1.96. The average molecular weight is 251 g/mol. The topological polar surface area (TPSA) is 28.7 Å². The third-order valence-electron chi connectivity index (χ3n) is 2.63. The Morgan fingerprint density at radius 3 is 2.69 bits per heavy atom. The van der Waals surface area contributed by atoms with Crippen LogP contribution in [0.2, 0.25) is 5.02 Å². The van der Waals surface area contributed by atoms with Gasteiger partial charge in [-0.1, -0.05) is 36.0 Å². The third-order valence-corrected chi connectivity index (χ3v) is 3.26. The van der Waals surface area contributed by atoms with Crippen LogP contribution in [0.25, 0.3) is 11.3 Å². The zero-order chi connectivity index (χ0) is 11.7. The first kappa shape index (κ1) is 11.3. The molecule has 0 fully saturated rings. The van der Waals surface area contributed by atoms with Gasteiger partial charge < -0.3 is 0 Å². The molecule has 2 rings (SSSR count). The number of hydrogen-bond acceptors (Lipinski definition) is 2. The zero-order valence-corrected chi connectivity index (χ0v) is 10.6. The fourth-order valence-corrected chi connectivity index (χ4v) is 1.93. The Kier molecular flexibility index (Phi) is 3.08. The lowest BCUT2D eigenvalue weighted by Gasteiger charge is -2.07. The first-order chi connectivity index (χ1) is 7.59. The third kappa shape index (κ3) is 2.01. The smallest absolute Gasteiger partial charge is 0.122 e. The number of aromatic amines is 1. The second kappa shape index (κ2) is 4.36. The summed E-state index contributed by atoms with van der Waals surface area (Å²) >= 11 is 11.1. The van der Waals surface area contributed by atoms with Crippen LogP contribution in [0.4, 0.5) is 0 Å². The molecule has 0 bridgehead atoms. The van der Waals surface area contributed by atoms with Gasteiger partial charge in [0.25, 0.3) is 0 Å². The Morgan fingerprint density at radius 2 is 2.00 bits per heavy atom. The van der Waals surface area contributed by atoms with Crippen LogP contribution in [0.1, 0.15) is 11.1 Å². The van der Waals surface area contributed by atoms with Gasteiger partial charge in [0, 0.05) is 10.6 Å². The van der Waals surface area contributed by atoms with Crippen molar-refractivity contribution < 1.29 is 0 Å². The van der Waals surface area contributed by atoms with Gasteiger partial charge in [0.1, 0.15) is 4.64 Å². The van der Waals surface area contributed by atoms with Crippen molar-refractivity contribution in [1.82, 2.24) is 10.2 Å². The molecular formula is C12H11ClN2S. The lowest BCUT2D eigenvalue weighted by molar-refractivity contribution is 0.987. The van der Waals surface area contributed by atoms with E-state index >= 15 is 0 Å². The summed E-state index contributed by atoms with van der Waals surface area (Å²) in [7, 11) is 0. The SMILES string of the molecule is Cc1c(-c2cccc(Cl)c2)n[nH]c(=S)c1C. The van der Waals surface area contributed by atoms with E-state index in [4.69, 9.17) is 23.8 Å². The van der Waals surface area contributed by atoms with Gasteiger partial charge in [-0.15, -0.1) is 0 Å². The van der Waals surface area contributed by atoms with Crippen molar-refractivity contribution in [2.24, 2.45) is 0 Å². The van der Waals surface area contributed by atoms with Gasteiger partial charge in [-0.25, -0.2) is 0 Å². The highest BCUT2D eigenvalue weighted by molar-refractivity contribution is 7.71. The van der Waals surface area contributed by atoms with Crippen LogP contribution in [0.15, 0.2) is 24.3 Å². The van der Waals surface area contributed by atoms with Gasteiger partial charge in [0.05, 0.1) is 5.69 Å². The molecule has 82 valence electrons. The molecule has 4 heteroatoms. The molecule has 0 radical (unpaired) electrons. The summed E-state index contributed by atoms with van der Waals surface area (Å²) in [6, 6.07) is 7.64. The van der Waals surface area contributed by atoms with Crippen LogP contribution in [-0.2, 0) is 0 Å². The van der Waals surface area contributed by atoms with Gasteiger partial charge in [0.15, 0.2) is 0 Å². The highest BCUT2D eigenvalue weighted by Gasteiger charge is 2.07. The molecule has 2 aromatic rings. The summed E-state index contributed by atoms with van der Waals surface area (Å²) in [5, 5.41) is 7.82. The summed E-state index contributed by atoms with van der Waals surface area (Å²) in [6.07, 6.45) is 0. The Hall–Kier alpha value is -1.19. The maximum atomic E-state index is 5.96. The Balaban J connectivity index is 2.66. The fraction of sp³-hybridized carbons (Fsp3) is 0.167. The van der Waals surface area contributed by atoms with E-state index in [2.05, 4.69) is 10.2 Å². The van der Waals surface area contributed by atoms with Gasteiger partial charge in [0.2, 0.25) is 0 Å². The monoisotopic (exact) mass is 250 g/mol. The molecule has 0 saturated carbocycles. The standard InChI is InChI=1S/C12H11ClN2S/c1-7-8(2)12(16)15-14-11(7)9-4-3-5-10(13)6-9/h3-6H,1-2H3,(H,15,16). The minimum atomic E-state index is 0.684. The van der Waals surface area contributed by atoms with Crippen LogP contribution >= 0.6 is 23.8 Å². The largest absolute Gasteiger partial charge is 0.267 e. The molecule has 0 aliphatic carbocycles. The van der Waals surface area contributed by atoms with E-state index in [0.717, 1.165) is 22.4 Å². The van der Waals surface area contributed by atoms with Crippen molar-refractivity contribution in [3.63, 3.8) is 0 Å². The molecule has 0 aliphatic heterocycles. The van der Waals surface area contributed by atoms with E-state index in [1.54, 1.807) is 0 Å². The van der Waals surface area contributed by atoms with Crippen molar-refractivity contribution in [2.75, 3.05) is 0 Å². The van der Waals surface area contributed by atoms with Crippen molar-refractivity contribution in [3.8, 4) is 11.3 Å². The number of halogens is 1. The number of benzene rings is 1. The maximum Gasteiger partial charge on any atom is 0.122 e. The summed E-state index contributed by atoms with van der Waals surface area (Å²) in [5.41, 5.74) is 4.04. The number of rotatable bonds is 1. The first-order valence-electron chi connectivity index (χ1n) is 4.91. The Bertz CT molecular complexity index is 590. The molecule has 1 aromatic carbocycles. The molecule has 16 heavy (non-hydrogen) atoms. The zero-order valence-electron chi connectivity index (χ0n) is 9.04. The van der Waals surface area contributed by atoms with Gasteiger partial charge in [-0.3, -0.25) is 5.10 Å². The second-order valence-electron chi connectivity index (χ2n) is 3.66. The molecule has 0 aliphatic rings. The number of hydrogen-bond donors (Lipinski definition) is 1. The Morgan fingerprint density at radius 1 is 1.25 bits per heavy atom. The first-order valence-corrected chi connectivity index (χ1v) is 5.70. The average Bonchev–Trinajstić information content (AvgIpc) is 2.26. The van der Waals surface area contributed by atoms with E-state index < -0.39 is 0 Å². The number of nitrogens with zero attached hydrogens (tertiary/aromatic N) is 1. The molecule has 2 nitrogen and oxygen atoms in total. The molecule has 0 spiro atoms. The predicted octanol–water partition coefficient (Wildman–Crippen LogP) is 4.08. The molecule has 0 saturated heterocycles. The molecule has 1 N–H and O–H groups in total. The lowest BCUT2D eigenvalue weighted by atomic mass is 10.0. The summed E-state index contributed by atoms with van der Waals surface area (Å²) < 4.78 is 0.684. The highest BCUT2D eigenvalue weighted by Crippen LogP contribution is 2.24. The molecular weight excluding hydrogens is 240 g/mol. The second-order valence-corrected chi connectivity index (χ2v) is 4.51. The number of H-pyrrole nitrogens is 1. The quantitative estimate of drug-likeness (QED) is 0.773. The van der Waals surface area contributed by atoms with Crippen molar-refractivity contribution in [2.45, 2.75) is 13.8 Å². The van der Waals surface area contributed by atoms with E-state index in [0.29, 0.717) is 9.66 Å². The van der Waals surface area contributed by atoms with Crippen LogP contribution in [-0.4, -0.2) is 10.2 Å². The number of nitrogens with one attached hydrogen (secondary N) is 1. The van der Waals surface area contributed by atoms with Crippen molar-refractivity contribution in [3.05, 3.63) is 45.1 Å². The van der Waals surface area contributed by atoms with Crippen LogP contribution < -0.4 is 0 Å². The van der Waals surface area contributed by atoms with Crippen molar-refractivity contribution >= 4 is 23.8 Å². The summed E-state index contributed by atoms with van der Waals surface area (Å²) in [6.45, 7) is 4.01. The van der Waals surface area contributed by atoms with E-state index in [1.165, 1.54) is 0 Å². The van der Waals surface area contributed by atoms with E-state index in [1.807, 2.05) is 38.1 Å². The van der Waals surface area contributed by atoms with Crippen molar-refractivity contribution in [1.29, 1.82) is 0 Å². The minimum absolute atomic E-state index is 0.684. The molecule has 0 unspecified atom stereocenters. The maximum absolute atomic E-state index is 5.96. The van der Waals surface area contributed by atoms with Crippen LogP contribution in [0.5, 0.6) is 0 Å². The highest BCUT2D eigenvalue weighted by atomic mass is 35.5. The van der Waals surface area contributed by atoms with Gasteiger partial charge in [-0.05, 0) is 37.1 Å². The van der Waals surface area contributed by atoms with Gasteiger partial charge >= 0.3 is 0 Å².